The van der Waals surface area contributed by atoms with Gasteiger partial charge in [-0.3, -0.25) is 14.4 Å². The molecule has 0 fully saturated rings. The lowest BCUT2D eigenvalue weighted by Gasteiger charge is -2.16. The van der Waals surface area contributed by atoms with Crippen LogP contribution in [0.25, 0.3) is 0 Å². The summed E-state index contributed by atoms with van der Waals surface area (Å²) in [5, 5.41) is 8.03. The van der Waals surface area contributed by atoms with Crippen LogP contribution in [-0.4, -0.2) is 30.3 Å². The van der Waals surface area contributed by atoms with E-state index >= 15 is 0 Å². The van der Waals surface area contributed by atoms with Gasteiger partial charge in [-0.05, 0) is 57.9 Å². The molecule has 2 aromatic rings. The number of aryl methyl sites for hydroxylation is 4. The number of benzene rings is 2. The Hall–Kier alpha value is -3.15. The maximum Gasteiger partial charge on any atom is 0.251 e. The van der Waals surface area contributed by atoms with Gasteiger partial charge in [0.05, 0.1) is 6.54 Å². The standard InChI is InChI=1S/C22H27N3O3/c1-13-7-6-8-18(11-13)22(28)24-17(5)21(27)23-12-19(26)25-20-15(3)9-14(2)10-16(20)4/h6-11,17H,12H2,1-5H3,(H,23,27)(H,24,28)(H,25,26). The summed E-state index contributed by atoms with van der Waals surface area (Å²) < 4.78 is 0. The Balaban J connectivity index is 1.87. The lowest BCUT2D eigenvalue weighted by Crippen LogP contribution is -2.46. The normalized spacial score (nSPS) is 11.5. The smallest absolute Gasteiger partial charge is 0.251 e. The Labute approximate surface area is 165 Å². The molecule has 0 spiro atoms. The van der Waals surface area contributed by atoms with E-state index in [-0.39, 0.29) is 18.4 Å². The molecule has 0 aromatic heterocycles. The SMILES string of the molecule is Cc1cccc(C(=O)NC(C)C(=O)NCC(=O)Nc2c(C)cc(C)cc2C)c1. The van der Waals surface area contributed by atoms with Gasteiger partial charge in [-0.2, -0.15) is 0 Å². The van der Waals surface area contributed by atoms with Crippen molar-refractivity contribution in [2.24, 2.45) is 0 Å². The molecule has 28 heavy (non-hydrogen) atoms. The quantitative estimate of drug-likeness (QED) is 0.719. The van der Waals surface area contributed by atoms with E-state index in [2.05, 4.69) is 16.0 Å². The summed E-state index contributed by atoms with van der Waals surface area (Å²) in [5.74, 6) is -1.07. The van der Waals surface area contributed by atoms with Gasteiger partial charge in [0.1, 0.15) is 6.04 Å². The molecule has 6 heteroatoms. The molecular weight excluding hydrogens is 354 g/mol. The highest BCUT2D eigenvalue weighted by Gasteiger charge is 2.17. The molecule has 1 atom stereocenters. The molecule has 2 rings (SSSR count). The molecule has 0 saturated heterocycles. The zero-order valence-corrected chi connectivity index (χ0v) is 17.0. The number of nitrogens with one attached hydrogen (secondary N) is 3. The number of hydrogen-bond donors (Lipinski definition) is 3. The van der Waals surface area contributed by atoms with Gasteiger partial charge in [0.15, 0.2) is 0 Å². The molecule has 0 aliphatic heterocycles. The minimum absolute atomic E-state index is 0.170. The van der Waals surface area contributed by atoms with Gasteiger partial charge in [-0.25, -0.2) is 0 Å². The predicted molar refractivity (Wildman–Crippen MR) is 110 cm³/mol. The number of carbonyl (C=O) groups is 3. The fourth-order valence-corrected chi connectivity index (χ4v) is 3.01. The first-order valence-electron chi connectivity index (χ1n) is 9.20. The van der Waals surface area contributed by atoms with Crippen molar-refractivity contribution in [3.8, 4) is 0 Å². The third-order valence-corrected chi connectivity index (χ3v) is 4.39. The molecule has 0 heterocycles. The highest BCUT2D eigenvalue weighted by Crippen LogP contribution is 2.21. The van der Waals surface area contributed by atoms with Crippen LogP contribution < -0.4 is 16.0 Å². The van der Waals surface area contributed by atoms with Crippen molar-refractivity contribution in [2.45, 2.75) is 40.7 Å². The van der Waals surface area contributed by atoms with Crippen LogP contribution >= 0.6 is 0 Å². The highest BCUT2D eigenvalue weighted by atomic mass is 16.2. The second kappa shape index (κ2) is 9.17. The summed E-state index contributed by atoms with van der Waals surface area (Å²) in [5.41, 5.74) is 5.27. The van der Waals surface area contributed by atoms with Crippen molar-refractivity contribution < 1.29 is 14.4 Å². The van der Waals surface area contributed by atoms with Gasteiger partial charge in [-0.1, -0.05) is 35.4 Å². The van der Waals surface area contributed by atoms with Crippen LogP contribution in [0, 0.1) is 27.7 Å². The first-order valence-corrected chi connectivity index (χ1v) is 9.20. The molecule has 1 unspecified atom stereocenters. The number of carbonyl (C=O) groups excluding carboxylic acids is 3. The summed E-state index contributed by atoms with van der Waals surface area (Å²) in [4.78, 5) is 36.6. The van der Waals surface area contributed by atoms with E-state index in [9.17, 15) is 14.4 Å². The topological polar surface area (TPSA) is 87.3 Å². The van der Waals surface area contributed by atoms with Crippen molar-refractivity contribution in [1.29, 1.82) is 0 Å². The van der Waals surface area contributed by atoms with E-state index < -0.39 is 11.9 Å². The van der Waals surface area contributed by atoms with Crippen LogP contribution in [0.15, 0.2) is 36.4 Å². The van der Waals surface area contributed by atoms with Crippen LogP contribution in [0.4, 0.5) is 5.69 Å². The van der Waals surface area contributed by atoms with Crippen molar-refractivity contribution >= 4 is 23.4 Å². The number of anilines is 1. The first kappa shape index (κ1) is 21.2. The zero-order chi connectivity index (χ0) is 20.8. The molecule has 3 amide bonds. The fourth-order valence-electron chi connectivity index (χ4n) is 3.01. The molecule has 148 valence electrons. The van der Waals surface area contributed by atoms with Gasteiger partial charge >= 0.3 is 0 Å². The summed E-state index contributed by atoms with van der Waals surface area (Å²) in [6.07, 6.45) is 0. The summed E-state index contributed by atoms with van der Waals surface area (Å²) in [6.45, 7) is 9.15. The predicted octanol–water partition coefficient (Wildman–Crippen LogP) is 2.79. The van der Waals surface area contributed by atoms with Crippen molar-refractivity contribution in [3.05, 3.63) is 64.2 Å². The molecule has 0 bridgehead atoms. The number of rotatable bonds is 6. The van der Waals surface area contributed by atoms with Crippen LogP contribution in [0.2, 0.25) is 0 Å². The summed E-state index contributed by atoms with van der Waals surface area (Å²) >= 11 is 0. The van der Waals surface area contributed by atoms with E-state index in [0.29, 0.717) is 5.56 Å². The second-order valence-corrected chi connectivity index (χ2v) is 7.10. The van der Waals surface area contributed by atoms with E-state index in [0.717, 1.165) is 27.9 Å². The molecular formula is C22H27N3O3. The van der Waals surface area contributed by atoms with Gasteiger partial charge in [0, 0.05) is 11.3 Å². The van der Waals surface area contributed by atoms with E-state index in [1.54, 1.807) is 25.1 Å². The maximum atomic E-state index is 12.2. The molecule has 0 radical (unpaired) electrons. The molecule has 6 nitrogen and oxygen atoms in total. The van der Waals surface area contributed by atoms with E-state index in [1.807, 2.05) is 45.9 Å². The summed E-state index contributed by atoms with van der Waals surface area (Å²) in [7, 11) is 0. The maximum absolute atomic E-state index is 12.2. The number of hydrogen-bond acceptors (Lipinski definition) is 3. The average Bonchev–Trinajstić information content (AvgIpc) is 2.62. The Morgan fingerprint density at radius 3 is 2.18 bits per heavy atom. The van der Waals surface area contributed by atoms with E-state index in [4.69, 9.17) is 0 Å². The molecule has 0 saturated carbocycles. The monoisotopic (exact) mass is 381 g/mol. The Morgan fingerprint density at radius 1 is 0.929 bits per heavy atom. The highest BCUT2D eigenvalue weighted by molar-refractivity contribution is 5.99. The molecule has 0 aliphatic carbocycles. The summed E-state index contributed by atoms with van der Waals surface area (Å²) in [6, 6.07) is 10.3. The van der Waals surface area contributed by atoms with Crippen molar-refractivity contribution in [3.63, 3.8) is 0 Å². The van der Waals surface area contributed by atoms with Gasteiger partial charge in [0.25, 0.3) is 5.91 Å². The largest absolute Gasteiger partial charge is 0.345 e. The fraction of sp³-hybridized carbons (Fsp3) is 0.318. The van der Waals surface area contributed by atoms with Crippen molar-refractivity contribution in [2.75, 3.05) is 11.9 Å². The second-order valence-electron chi connectivity index (χ2n) is 7.10. The van der Waals surface area contributed by atoms with Crippen LogP contribution in [-0.2, 0) is 9.59 Å². The van der Waals surface area contributed by atoms with E-state index in [1.165, 1.54) is 0 Å². The minimum Gasteiger partial charge on any atom is -0.345 e. The van der Waals surface area contributed by atoms with Gasteiger partial charge < -0.3 is 16.0 Å². The zero-order valence-electron chi connectivity index (χ0n) is 17.0. The van der Waals surface area contributed by atoms with Crippen LogP contribution in [0.1, 0.15) is 39.5 Å². The third kappa shape index (κ3) is 5.67. The van der Waals surface area contributed by atoms with Gasteiger partial charge in [-0.15, -0.1) is 0 Å². The molecule has 3 N–H and O–H groups in total. The molecule has 2 aromatic carbocycles. The molecule has 0 aliphatic rings. The average molecular weight is 381 g/mol. The van der Waals surface area contributed by atoms with Crippen molar-refractivity contribution in [1.82, 2.24) is 10.6 Å². The third-order valence-electron chi connectivity index (χ3n) is 4.39. The Bertz CT molecular complexity index is 883. The van der Waals surface area contributed by atoms with Crippen LogP contribution in [0.5, 0.6) is 0 Å². The van der Waals surface area contributed by atoms with Crippen LogP contribution in [0.3, 0.4) is 0 Å². The minimum atomic E-state index is -0.761. The first-order chi connectivity index (χ1) is 13.2. The van der Waals surface area contributed by atoms with Gasteiger partial charge in [0.2, 0.25) is 11.8 Å². The number of amides is 3. The Morgan fingerprint density at radius 2 is 1.57 bits per heavy atom. The Kier molecular flexibility index (Phi) is 6.93. The lowest BCUT2D eigenvalue weighted by atomic mass is 10.1. The lowest BCUT2D eigenvalue weighted by molar-refractivity contribution is -0.125.